The van der Waals surface area contributed by atoms with Gasteiger partial charge in [0.25, 0.3) is 0 Å². The Bertz CT molecular complexity index is 671. The van der Waals surface area contributed by atoms with Gasteiger partial charge in [-0.3, -0.25) is 0 Å². The van der Waals surface area contributed by atoms with Crippen molar-refractivity contribution in [1.29, 1.82) is 5.26 Å². The number of methoxy groups -OCH3 is 1. The van der Waals surface area contributed by atoms with Crippen LogP contribution in [0, 0.1) is 11.3 Å². The lowest BCUT2D eigenvalue weighted by Crippen LogP contribution is -1.98. The van der Waals surface area contributed by atoms with E-state index in [1.807, 2.05) is 6.92 Å². The average molecular weight is 272 g/mol. The third kappa shape index (κ3) is 2.38. The van der Waals surface area contributed by atoms with E-state index in [1.54, 1.807) is 29.9 Å². The topological polar surface area (TPSA) is 86.1 Å². The molecule has 0 bridgehead atoms. The third-order valence-corrected chi connectivity index (χ3v) is 2.94. The summed E-state index contributed by atoms with van der Waals surface area (Å²) in [5.41, 5.74) is 7.81. The molecule has 20 heavy (non-hydrogen) atoms. The number of nitrogens with two attached hydrogens (primary N) is 1. The largest absolute Gasteiger partial charge is 0.493 e. The number of nitrogens with zero attached hydrogens (tertiary/aromatic N) is 3. The van der Waals surface area contributed by atoms with E-state index < -0.39 is 0 Å². The first kappa shape index (κ1) is 13.7. The molecule has 104 valence electrons. The van der Waals surface area contributed by atoms with Gasteiger partial charge >= 0.3 is 0 Å². The number of hydrogen-bond acceptors (Lipinski definition) is 5. The third-order valence-electron chi connectivity index (χ3n) is 2.94. The standard InChI is InChI=1S/C14H16N4O2/c1-4-10-13(16)14(18(2)17-10)20-11-6-5-9(8-15)7-12(11)19-3/h5-7H,4,16H2,1-3H3. The number of aryl methyl sites for hydroxylation is 2. The molecule has 2 rings (SSSR count). The number of anilines is 1. The summed E-state index contributed by atoms with van der Waals surface area (Å²) in [6.07, 6.45) is 0.730. The molecule has 0 aliphatic heterocycles. The number of nitrogen functional groups attached to an aromatic ring is 1. The van der Waals surface area contributed by atoms with Crippen LogP contribution < -0.4 is 15.2 Å². The van der Waals surface area contributed by atoms with E-state index in [0.29, 0.717) is 28.6 Å². The molecular weight excluding hydrogens is 256 g/mol. The second kappa shape index (κ2) is 5.53. The van der Waals surface area contributed by atoms with Crippen molar-refractivity contribution in [2.75, 3.05) is 12.8 Å². The molecule has 0 atom stereocenters. The molecule has 2 N–H and O–H groups in total. The number of hydrogen-bond donors (Lipinski definition) is 1. The van der Waals surface area contributed by atoms with Crippen LogP contribution in [-0.2, 0) is 13.5 Å². The molecule has 0 saturated heterocycles. The molecule has 0 aliphatic carbocycles. The normalized spacial score (nSPS) is 10.1. The Morgan fingerprint density at radius 3 is 2.70 bits per heavy atom. The van der Waals surface area contributed by atoms with E-state index in [2.05, 4.69) is 11.2 Å². The first-order valence-corrected chi connectivity index (χ1v) is 6.18. The maximum Gasteiger partial charge on any atom is 0.241 e. The van der Waals surface area contributed by atoms with Gasteiger partial charge in [0, 0.05) is 13.1 Å². The molecule has 1 aromatic carbocycles. The summed E-state index contributed by atoms with van der Waals surface area (Å²) in [6, 6.07) is 7.00. The zero-order valence-corrected chi connectivity index (χ0v) is 11.7. The summed E-state index contributed by atoms with van der Waals surface area (Å²) in [5, 5.41) is 13.2. The Morgan fingerprint density at radius 2 is 2.15 bits per heavy atom. The minimum absolute atomic E-state index is 0.463. The van der Waals surface area contributed by atoms with Crippen LogP contribution in [0.25, 0.3) is 0 Å². The molecule has 2 aromatic rings. The molecule has 0 unspecified atom stereocenters. The van der Waals surface area contributed by atoms with Crippen LogP contribution in [0.4, 0.5) is 5.69 Å². The second-order valence-corrected chi connectivity index (χ2v) is 4.22. The van der Waals surface area contributed by atoms with Crippen molar-refractivity contribution in [2.24, 2.45) is 7.05 Å². The number of ether oxygens (including phenoxy) is 2. The minimum Gasteiger partial charge on any atom is -0.493 e. The van der Waals surface area contributed by atoms with Crippen LogP contribution in [0.5, 0.6) is 17.4 Å². The summed E-state index contributed by atoms with van der Waals surface area (Å²) >= 11 is 0. The van der Waals surface area contributed by atoms with Crippen molar-refractivity contribution in [3.8, 4) is 23.4 Å². The number of nitriles is 1. The first-order valence-electron chi connectivity index (χ1n) is 6.18. The fraction of sp³-hybridized carbons (Fsp3) is 0.286. The van der Waals surface area contributed by atoms with Gasteiger partial charge in [-0.1, -0.05) is 6.92 Å². The SMILES string of the molecule is CCc1nn(C)c(Oc2ccc(C#N)cc2OC)c1N. The molecule has 6 heteroatoms. The Morgan fingerprint density at radius 1 is 1.40 bits per heavy atom. The van der Waals surface area contributed by atoms with E-state index in [9.17, 15) is 0 Å². The first-order chi connectivity index (χ1) is 9.60. The van der Waals surface area contributed by atoms with Crippen LogP contribution in [0.2, 0.25) is 0 Å². The van der Waals surface area contributed by atoms with Gasteiger partial charge in [-0.05, 0) is 18.6 Å². The highest BCUT2D eigenvalue weighted by molar-refractivity contribution is 5.56. The van der Waals surface area contributed by atoms with Gasteiger partial charge in [0.05, 0.1) is 24.4 Å². The zero-order chi connectivity index (χ0) is 14.7. The smallest absolute Gasteiger partial charge is 0.241 e. The van der Waals surface area contributed by atoms with Crippen LogP contribution >= 0.6 is 0 Å². The van der Waals surface area contributed by atoms with Crippen molar-refractivity contribution >= 4 is 5.69 Å². The second-order valence-electron chi connectivity index (χ2n) is 4.22. The van der Waals surface area contributed by atoms with Gasteiger partial charge in [0.1, 0.15) is 5.69 Å². The lowest BCUT2D eigenvalue weighted by molar-refractivity contribution is 0.366. The fourth-order valence-corrected chi connectivity index (χ4v) is 1.89. The highest BCUT2D eigenvalue weighted by Gasteiger charge is 2.16. The zero-order valence-electron chi connectivity index (χ0n) is 11.7. The van der Waals surface area contributed by atoms with E-state index in [-0.39, 0.29) is 0 Å². The number of rotatable bonds is 4. The van der Waals surface area contributed by atoms with Gasteiger partial charge in [0.15, 0.2) is 11.5 Å². The molecule has 0 amide bonds. The quantitative estimate of drug-likeness (QED) is 0.922. The minimum atomic E-state index is 0.463. The fourth-order valence-electron chi connectivity index (χ4n) is 1.89. The van der Waals surface area contributed by atoms with Crippen molar-refractivity contribution in [3.63, 3.8) is 0 Å². The van der Waals surface area contributed by atoms with E-state index in [4.69, 9.17) is 20.5 Å². The van der Waals surface area contributed by atoms with Crippen molar-refractivity contribution < 1.29 is 9.47 Å². The van der Waals surface area contributed by atoms with Gasteiger partial charge in [-0.15, -0.1) is 0 Å². The molecule has 0 fully saturated rings. The predicted octanol–water partition coefficient (Wildman–Crippen LogP) is 2.24. The summed E-state index contributed by atoms with van der Waals surface area (Å²) < 4.78 is 12.6. The van der Waals surface area contributed by atoms with Crippen LogP contribution in [0.1, 0.15) is 18.2 Å². The molecule has 1 aromatic heterocycles. The molecule has 0 spiro atoms. The van der Waals surface area contributed by atoms with Gasteiger partial charge in [-0.25, -0.2) is 4.68 Å². The highest BCUT2D eigenvalue weighted by atomic mass is 16.5. The van der Waals surface area contributed by atoms with Crippen molar-refractivity contribution in [1.82, 2.24) is 9.78 Å². The number of benzene rings is 1. The Balaban J connectivity index is 2.40. The van der Waals surface area contributed by atoms with Crippen LogP contribution in [0.3, 0.4) is 0 Å². The van der Waals surface area contributed by atoms with Crippen molar-refractivity contribution in [3.05, 3.63) is 29.5 Å². The summed E-state index contributed by atoms with van der Waals surface area (Å²) in [7, 11) is 3.29. The Kier molecular flexibility index (Phi) is 3.80. The van der Waals surface area contributed by atoms with Crippen LogP contribution in [0.15, 0.2) is 18.2 Å². The molecular formula is C14H16N4O2. The summed E-state index contributed by atoms with van der Waals surface area (Å²) in [4.78, 5) is 0. The molecule has 6 nitrogen and oxygen atoms in total. The summed E-state index contributed by atoms with van der Waals surface area (Å²) in [6.45, 7) is 1.98. The van der Waals surface area contributed by atoms with E-state index >= 15 is 0 Å². The van der Waals surface area contributed by atoms with Gasteiger partial charge in [-0.2, -0.15) is 10.4 Å². The maximum atomic E-state index is 8.88. The lowest BCUT2D eigenvalue weighted by Gasteiger charge is -2.11. The Hall–Kier alpha value is -2.68. The Labute approximate surface area is 117 Å². The van der Waals surface area contributed by atoms with Gasteiger partial charge < -0.3 is 15.2 Å². The molecule has 0 saturated carbocycles. The highest BCUT2D eigenvalue weighted by Crippen LogP contribution is 2.35. The average Bonchev–Trinajstić information content (AvgIpc) is 2.74. The summed E-state index contributed by atoms with van der Waals surface area (Å²) in [5.74, 6) is 1.43. The molecule has 1 heterocycles. The number of aromatic nitrogens is 2. The predicted molar refractivity (Wildman–Crippen MR) is 74.8 cm³/mol. The van der Waals surface area contributed by atoms with Gasteiger partial charge in [0.2, 0.25) is 5.88 Å². The monoisotopic (exact) mass is 272 g/mol. The maximum absolute atomic E-state index is 8.88. The van der Waals surface area contributed by atoms with Crippen molar-refractivity contribution in [2.45, 2.75) is 13.3 Å². The lowest BCUT2D eigenvalue weighted by atomic mass is 10.2. The molecule has 0 radical (unpaired) electrons. The van der Waals surface area contributed by atoms with E-state index in [0.717, 1.165) is 12.1 Å². The van der Waals surface area contributed by atoms with E-state index in [1.165, 1.54) is 7.11 Å². The van der Waals surface area contributed by atoms with Crippen LogP contribution in [-0.4, -0.2) is 16.9 Å². The molecule has 0 aliphatic rings.